The van der Waals surface area contributed by atoms with E-state index in [4.69, 9.17) is 19.8 Å². The molecule has 0 fully saturated rings. The third kappa shape index (κ3) is 5.25. The third-order valence-electron chi connectivity index (χ3n) is 5.83. The van der Waals surface area contributed by atoms with Gasteiger partial charge < -0.3 is 24.6 Å². The monoisotopic (exact) mass is 597 g/mol. The normalized spacial score (nSPS) is 13.4. The predicted octanol–water partition coefficient (Wildman–Crippen LogP) is 2.79. The van der Waals surface area contributed by atoms with Gasteiger partial charge in [-0.1, -0.05) is 0 Å². The van der Waals surface area contributed by atoms with Crippen molar-refractivity contribution in [3.8, 4) is 34.9 Å². The molecule has 4 aromatic rings. The Morgan fingerprint density at radius 1 is 1.19 bits per heavy atom. The molecule has 3 heterocycles. The number of amidine groups is 1. The van der Waals surface area contributed by atoms with Crippen LogP contribution in [-0.2, 0) is 10.8 Å². The second-order valence-corrected chi connectivity index (χ2v) is 9.93. The minimum atomic E-state index is -2.17. The number of benzene rings is 2. The molecule has 0 amide bonds. The number of nitrogens with zero attached hydrogens (tertiary/aromatic N) is 6. The Bertz CT molecular complexity index is 1900. The molecule has 14 nitrogen and oxygen atoms in total. The van der Waals surface area contributed by atoms with Gasteiger partial charge in [0.15, 0.2) is 17.3 Å². The van der Waals surface area contributed by atoms with Crippen LogP contribution in [0.3, 0.4) is 0 Å². The van der Waals surface area contributed by atoms with Crippen LogP contribution in [0.2, 0.25) is 0 Å². The van der Waals surface area contributed by atoms with Gasteiger partial charge in [-0.15, -0.1) is 9.78 Å². The number of aromatic hydroxyl groups is 1. The first-order chi connectivity index (χ1) is 20.1. The van der Waals surface area contributed by atoms with Gasteiger partial charge in [0.25, 0.3) is 5.88 Å². The average molecular weight is 598 g/mol. The van der Waals surface area contributed by atoms with Crippen LogP contribution < -0.4 is 15.2 Å². The average Bonchev–Trinajstić information content (AvgIpc) is 3.58. The van der Waals surface area contributed by atoms with Crippen LogP contribution in [-0.4, -0.2) is 71.1 Å². The van der Waals surface area contributed by atoms with Crippen molar-refractivity contribution in [1.29, 1.82) is 5.26 Å². The highest BCUT2D eigenvalue weighted by Gasteiger charge is 2.26. The number of carbonyl (C=O) groups is 1. The lowest BCUT2D eigenvalue weighted by Gasteiger charge is -2.19. The number of hydrogen-bond acceptors (Lipinski definition) is 11. The van der Waals surface area contributed by atoms with Crippen LogP contribution in [0.15, 0.2) is 62.4 Å². The first-order valence-corrected chi connectivity index (χ1v) is 12.9. The minimum Gasteiger partial charge on any atom is -0.504 e. The van der Waals surface area contributed by atoms with E-state index in [-0.39, 0.29) is 32.2 Å². The molecule has 3 N–H and O–H groups in total. The van der Waals surface area contributed by atoms with Crippen molar-refractivity contribution in [3.05, 3.63) is 75.8 Å². The van der Waals surface area contributed by atoms with Gasteiger partial charge in [-0.25, -0.2) is 23.2 Å². The summed E-state index contributed by atoms with van der Waals surface area (Å²) in [6, 6.07) is 9.30. The van der Waals surface area contributed by atoms with E-state index in [1.165, 1.54) is 24.3 Å². The quantitative estimate of drug-likeness (QED) is 0.283. The van der Waals surface area contributed by atoms with Gasteiger partial charge in [0.2, 0.25) is 16.7 Å². The second kappa shape index (κ2) is 11.1. The summed E-state index contributed by atoms with van der Waals surface area (Å²) in [6.07, 6.45) is -1.04. The molecule has 0 saturated carbocycles. The lowest BCUT2D eigenvalue weighted by atomic mass is 10.1. The number of H-pyrrole nitrogens is 1. The van der Waals surface area contributed by atoms with Crippen molar-refractivity contribution in [1.82, 2.24) is 24.6 Å². The molecule has 0 radical (unpaired) electrons. The van der Waals surface area contributed by atoms with Crippen LogP contribution in [0.4, 0.5) is 13.6 Å². The molecule has 2 aromatic heterocycles. The van der Waals surface area contributed by atoms with Crippen molar-refractivity contribution in [2.75, 3.05) is 20.1 Å². The summed E-state index contributed by atoms with van der Waals surface area (Å²) in [6.45, 7) is 0.885. The standard InChI is InChI=1S/C25H17F2N7O7S/c1-33-7-6-29-21(33)14-9-13(42(39)23-31-24(36)34(32-23)25(37)38)3-5-17(14)40-20-15(26)11-30-22(19(20)27)41-18-8-12(10-28)2-4-16(18)35/h2-5,8-9,11,35H,6-7H2,1H3,(H,37,38)(H,31,32,36). The zero-order chi connectivity index (χ0) is 30.1. The zero-order valence-electron chi connectivity index (χ0n) is 21.2. The maximum absolute atomic E-state index is 15.5. The van der Waals surface area contributed by atoms with E-state index in [2.05, 4.69) is 20.1 Å². The van der Waals surface area contributed by atoms with E-state index in [1.54, 1.807) is 11.9 Å². The Morgan fingerprint density at radius 3 is 2.64 bits per heavy atom. The zero-order valence-corrected chi connectivity index (χ0v) is 22.1. The molecule has 1 atom stereocenters. The number of rotatable bonds is 7. The maximum atomic E-state index is 15.5. The van der Waals surface area contributed by atoms with Gasteiger partial charge in [0.1, 0.15) is 22.4 Å². The fourth-order valence-corrected chi connectivity index (χ4v) is 4.79. The van der Waals surface area contributed by atoms with Crippen molar-refractivity contribution in [2.24, 2.45) is 4.99 Å². The molecular weight excluding hydrogens is 580 g/mol. The number of aromatic nitrogens is 4. The lowest BCUT2D eigenvalue weighted by molar-refractivity contribution is 0.191. The summed E-state index contributed by atoms with van der Waals surface area (Å²) in [7, 11) is -0.473. The Balaban J connectivity index is 1.54. The lowest BCUT2D eigenvalue weighted by Crippen LogP contribution is -2.24. The maximum Gasteiger partial charge on any atom is 0.436 e. The number of ether oxygens (including phenoxy) is 2. The van der Waals surface area contributed by atoms with E-state index in [0.29, 0.717) is 25.1 Å². The number of pyridine rings is 1. The van der Waals surface area contributed by atoms with Crippen molar-refractivity contribution in [3.63, 3.8) is 0 Å². The Hall–Kier alpha value is -5.63. The number of phenols is 1. The Morgan fingerprint density at radius 2 is 1.98 bits per heavy atom. The van der Waals surface area contributed by atoms with Gasteiger partial charge in [0, 0.05) is 24.6 Å². The first-order valence-electron chi connectivity index (χ1n) is 11.7. The molecule has 1 aliphatic heterocycles. The summed E-state index contributed by atoms with van der Waals surface area (Å²) < 4.78 is 54.4. The summed E-state index contributed by atoms with van der Waals surface area (Å²) in [5.41, 5.74) is -0.845. The minimum absolute atomic E-state index is 0.0409. The molecule has 1 unspecified atom stereocenters. The smallest absolute Gasteiger partial charge is 0.436 e. The van der Waals surface area contributed by atoms with Gasteiger partial charge in [-0.2, -0.15) is 9.65 Å². The summed E-state index contributed by atoms with van der Waals surface area (Å²) >= 11 is 0. The molecular formula is C25H17F2N7O7S. The Labute approximate surface area is 236 Å². The van der Waals surface area contributed by atoms with Gasteiger partial charge in [-0.3, -0.25) is 9.98 Å². The summed E-state index contributed by atoms with van der Waals surface area (Å²) in [5, 5.41) is 31.3. The number of nitrogens with one attached hydrogen (secondary N) is 1. The first kappa shape index (κ1) is 27.9. The third-order valence-corrected chi connectivity index (χ3v) is 7.04. The molecule has 42 heavy (non-hydrogen) atoms. The number of carboxylic acid groups (broad SMARTS) is 1. The van der Waals surface area contributed by atoms with Crippen LogP contribution in [0.5, 0.6) is 28.9 Å². The SMILES string of the molecule is CN1CCN=C1c1cc(S(=O)c2nn(C(=O)O)c(=O)[nH]2)ccc1Oc1c(F)cnc(Oc2cc(C#N)ccc2O)c1F. The number of likely N-dealkylation sites (N-methyl/N-ethyl adjacent to an activating group) is 1. The molecule has 1 aliphatic rings. The van der Waals surface area contributed by atoms with Crippen molar-refractivity contribution < 1.29 is 37.5 Å². The van der Waals surface area contributed by atoms with Crippen LogP contribution in [0.25, 0.3) is 0 Å². The largest absolute Gasteiger partial charge is 0.504 e. The summed E-state index contributed by atoms with van der Waals surface area (Å²) in [4.78, 5) is 34.8. The molecule has 5 rings (SSSR count). The number of aliphatic imine (C=N–C) groups is 1. The van der Waals surface area contributed by atoms with E-state index < -0.39 is 56.8 Å². The molecule has 0 spiro atoms. The van der Waals surface area contributed by atoms with Crippen molar-refractivity contribution in [2.45, 2.75) is 10.1 Å². The van der Waals surface area contributed by atoms with Crippen LogP contribution in [0.1, 0.15) is 11.1 Å². The molecule has 214 valence electrons. The topological polar surface area (TPSA) is 196 Å². The molecule has 0 aliphatic carbocycles. The highest BCUT2D eigenvalue weighted by molar-refractivity contribution is 7.84. The van der Waals surface area contributed by atoms with E-state index in [9.17, 15) is 23.3 Å². The second-order valence-electron chi connectivity index (χ2n) is 8.54. The molecule has 2 aromatic carbocycles. The fraction of sp³-hybridized carbons (Fsp3) is 0.120. The van der Waals surface area contributed by atoms with E-state index in [1.807, 2.05) is 6.07 Å². The van der Waals surface area contributed by atoms with Crippen LogP contribution in [0, 0.1) is 23.0 Å². The van der Waals surface area contributed by atoms with Gasteiger partial charge in [0.05, 0.1) is 29.9 Å². The van der Waals surface area contributed by atoms with Gasteiger partial charge >= 0.3 is 11.8 Å². The molecule has 0 saturated heterocycles. The van der Waals surface area contributed by atoms with E-state index in [0.717, 1.165) is 12.1 Å². The summed E-state index contributed by atoms with van der Waals surface area (Å²) in [5.74, 6) is -4.77. The Kier molecular flexibility index (Phi) is 7.37. The number of halogens is 2. The highest BCUT2D eigenvalue weighted by Crippen LogP contribution is 2.38. The molecule has 17 heteroatoms. The molecule has 0 bridgehead atoms. The number of phenolic OH excluding ortho intramolecular Hbond substituents is 1. The van der Waals surface area contributed by atoms with Gasteiger partial charge in [-0.05, 0) is 30.3 Å². The van der Waals surface area contributed by atoms with E-state index >= 15 is 4.39 Å². The highest BCUT2D eigenvalue weighted by atomic mass is 32.2. The van der Waals surface area contributed by atoms with Crippen LogP contribution >= 0.6 is 0 Å². The fourth-order valence-electron chi connectivity index (χ4n) is 3.82. The number of aromatic amines is 1. The van der Waals surface area contributed by atoms with Crippen molar-refractivity contribution >= 4 is 22.7 Å². The predicted molar refractivity (Wildman–Crippen MR) is 139 cm³/mol. The number of hydrogen-bond donors (Lipinski definition) is 3. The number of nitriles is 1.